The molecule has 0 aromatic rings. The van der Waals surface area contributed by atoms with E-state index in [-0.39, 0.29) is 50.4 Å². The highest BCUT2D eigenvalue weighted by atomic mass is 35.5. The maximum atomic E-state index is 11.4. The third kappa shape index (κ3) is 11.8. The summed E-state index contributed by atoms with van der Waals surface area (Å²) in [6.45, 7) is 2.40. The number of ether oxygens (including phenoxy) is 1. The van der Waals surface area contributed by atoms with E-state index in [1.807, 2.05) is 0 Å². The Balaban J connectivity index is 0. The lowest BCUT2D eigenvalue weighted by atomic mass is 10.1. The molecular weight excluding hydrogens is 381 g/mol. The van der Waals surface area contributed by atoms with Gasteiger partial charge in [-0.15, -0.1) is 34.9 Å². The molecule has 148 valence electrons. The van der Waals surface area contributed by atoms with Gasteiger partial charge in [-0.1, -0.05) is 0 Å². The van der Waals surface area contributed by atoms with E-state index in [0.717, 1.165) is 6.54 Å². The molecule has 0 unspecified atom stereocenters. The largest absolute Gasteiger partial charge is 0.480 e. The first kappa shape index (κ1) is 25.9. The molecule has 12 heteroatoms. The molecule has 0 amide bonds. The molecule has 25 heavy (non-hydrogen) atoms. The molecule has 1 fully saturated rings. The molecule has 0 spiro atoms. The number of rotatable bonds is 10. The van der Waals surface area contributed by atoms with Crippen molar-refractivity contribution in [1.82, 2.24) is 4.90 Å². The predicted molar refractivity (Wildman–Crippen MR) is 92.5 cm³/mol. The van der Waals surface area contributed by atoms with Crippen molar-refractivity contribution < 1.29 is 29.4 Å². The van der Waals surface area contributed by atoms with Gasteiger partial charge in [0.25, 0.3) is 5.09 Å². The summed E-state index contributed by atoms with van der Waals surface area (Å²) >= 11 is 0. The van der Waals surface area contributed by atoms with Gasteiger partial charge >= 0.3 is 11.9 Å². The van der Waals surface area contributed by atoms with Gasteiger partial charge in [0.1, 0.15) is 12.1 Å². The Hall–Kier alpha value is -1.36. The molecule has 0 aromatic carbocycles. The number of esters is 1. The second kappa shape index (κ2) is 13.9. The van der Waals surface area contributed by atoms with Crippen molar-refractivity contribution in [3.63, 3.8) is 0 Å². The fourth-order valence-electron chi connectivity index (χ4n) is 2.30. The average molecular weight is 406 g/mol. The van der Waals surface area contributed by atoms with Crippen LogP contribution in [0.1, 0.15) is 32.1 Å². The van der Waals surface area contributed by atoms with Crippen LogP contribution in [0.3, 0.4) is 0 Å². The van der Waals surface area contributed by atoms with Crippen molar-refractivity contribution in [2.45, 2.75) is 44.2 Å². The standard InChI is InChI=1S/C13H23N3O7.2ClH/c14-11(13(18)19)2-3-12(17)22-9-1-6-15-7-4-10(5-8-15)23-16(20)21;;/h10-11H,1-9,14H2,(H,18,19);2*1H/t11-;;/m0../s1. The number of hydrogen-bond donors (Lipinski definition) is 2. The van der Waals surface area contributed by atoms with Crippen LogP contribution in [0.15, 0.2) is 0 Å². The first-order valence-electron chi connectivity index (χ1n) is 7.56. The highest BCUT2D eigenvalue weighted by Gasteiger charge is 2.21. The van der Waals surface area contributed by atoms with E-state index in [4.69, 9.17) is 15.6 Å². The minimum atomic E-state index is -1.14. The highest BCUT2D eigenvalue weighted by Crippen LogP contribution is 2.13. The molecule has 1 saturated heterocycles. The summed E-state index contributed by atoms with van der Waals surface area (Å²) in [5.41, 5.74) is 5.29. The van der Waals surface area contributed by atoms with Crippen LogP contribution >= 0.6 is 24.8 Å². The van der Waals surface area contributed by atoms with Gasteiger partial charge in [-0.2, -0.15) is 0 Å². The lowest BCUT2D eigenvalue weighted by Gasteiger charge is -2.30. The Morgan fingerprint density at radius 3 is 2.44 bits per heavy atom. The lowest BCUT2D eigenvalue weighted by molar-refractivity contribution is -0.769. The van der Waals surface area contributed by atoms with Gasteiger partial charge in [0, 0.05) is 26.1 Å². The van der Waals surface area contributed by atoms with E-state index < -0.39 is 23.1 Å². The Kier molecular flexibility index (Phi) is 14.4. The number of nitrogens with zero attached hydrogens (tertiary/aromatic N) is 2. The second-order valence-electron chi connectivity index (χ2n) is 5.43. The minimum Gasteiger partial charge on any atom is -0.480 e. The number of carboxylic acids is 1. The smallest absolute Gasteiger partial charge is 0.320 e. The summed E-state index contributed by atoms with van der Waals surface area (Å²) in [4.78, 5) is 38.8. The molecular formula is C13H25Cl2N3O7. The number of carboxylic acid groups (broad SMARTS) is 1. The number of hydrogen-bond acceptors (Lipinski definition) is 8. The Labute approximate surface area is 157 Å². The summed E-state index contributed by atoms with van der Waals surface area (Å²) in [5, 5.41) is 18.1. The molecule has 1 atom stereocenters. The second-order valence-corrected chi connectivity index (χ2v) is 5.43. The number of carbonyl (C=O) groups is 2. The fraction of sp³-hybridized carbons (Fsp3) is 0.846. The Morgan fingerprint density at radius 1 is 1.32 bits per heavy atom. The number of likely N-dealkylation sites (tertiary alicyclic amines) is 1. The molecule has 1 rings (SSSR count). The van der Waals surface area contributed by atoms with E-state index in [1.165, 1.54) is 0 Å². The van der Waals surface area contributed by atoms with E-state index >= 15 is 0 Å². The van der Waals surface area contributed by atoms with Crippen LogP contribution in [0.2, 0.25) is 0 Å². The van der Waals surface area contributed by atoms with Crippen LogP contribution in [0.4, 0.5) is 0 Å². The van der Waals surface area contributed by atoms with E-state index in [9.17, 15) is 19.7 Å². The predicted octanol–water partition coefficient (Wildman–Crippen LogP) is 0.628. The van der Waals surface area contributed by atoms with Crippen molar-refractivity contribution >= 4 is 36.8 Å². The SMILES string of the molecule is Cl.Cl.N[C@@H](CCC(=O)OCCCN1CCC(O[N+](=O)[O-])CC1)C(=O)O. The molecule has 0 radical (unpaired) electrons. The van der Waals surface area contributed by atoms with Gasteiger partial charge in [0.2, 0.25) is 0 Å². The van der Waals surface area contributed by atoms with Crippen LogP contribution < -0.4 is 5.73 Å². The summed E-state index contributed by atoms with van der Waals surface area (Å²) in [6.07, 6.45) is 1.56. The Bertz CT molecular complexity index is 420. The highest BCUT2D eigenvalue weighted by molar-refractivity contribution is 5.85. The maximum Gasteiger partial charge on any atom is 0.320 e. The lowest BCUT2D eigenvalue weighted by Crippen LogP contribution is -2.38. The first-order chi connectivity index (χ1) is 10.9. The average Bonchev–Trinajstić information content (AvgIpc) is 2.50. The van der Waals surface area contributed by atoms with Gasteiger partial charge in [0.05, 0.1) is 6.61 Å². The summed E-state index contributed by atoms with van der Waals surface area (Å²) in [5.74, 6) is -1.60. The normalized spacial score (nSPS) is 16.0. The van der Waals surface area contributed by atoms with Crippen molar-refractivity contribution in [2.75, 3.05) is 26.2 Å². The van der Waals surface area contributed by atoms with Crippen molar-refractivity contribution in [1.29, 1.82) is 0 Å². The number of halogens is 2. The van der Waals surface area contributed by atoms with Crippen LogP contribution in [-0.4, -0.2) is 65.4 Å². The maximum absolute atomic E-state index is 11.4. The van der Waals surface area contributed by atoms with Crippen molar-refractivity contribution in [3.05, 3.63) is 10.1 Å². The topological polar surface area (TPSA) is 145 Å². The van der Waals surface area contributed by atoms with Gasteiger partial charge in [-0.25, -0.2) is 0 Å². The molecule has 3 N–H and O–H groups in total. The zero-order valence-corrected chi connectivity index (χ0v) is 15.3. The zero-order valence-electron chi connectivity index (χ0n) is 13.7. The van der Waals surface area contributed by atoms with E-state index in [1.54, 1.807) is 0 Å². The molecule has 1 aliphatic rings. The molecule has 1 aliphatic heterocycles. The number of aliphatic carboxylic acids is 1. The van der Waals surface area contributed by atoms with Gasteiger partial charge in [0.15, 0.2) is 0 Å². The van der Waals surface area contributed by atoms with Gasteiger partial charge in [-0.3, -0.25) is 9.59 Å². The molecule has 0 aliphatic carbocycles. The minimum absolute atomic E-state index is 0. The Morgan fingerprint density at radius 2 is 1.92 bits per heavy atom. The molecule has 0 saturated carbocycles. The van der Waals surface area contributed by atoms with E-state index in [2.05, 4.69) is 9.74 Å². The van der Waals surface area contributed by atoms with Gasteiger partial charge < -0.3 is 25.3 Å². The van der Waals surface area contributed by atoms with E-state index in [0.29, 0.717) is 32.4 Å². The van der Waals surface area contributed by atoms with Crippen LogP contribution in [0, 0.1) is 10.1 Å². The molecule has 1 heterocycles. The summed E-state index contributed by atoms with van der Waals surface area (Å²) < 4.78 is 5.01. The van der Waals surface area contributed by atoms with Crippen LogP contribution in [0.5, 0.6) is 0 Å². The summed E-state index contributed by atoms with van der Waals surface area (Å²) in [7, 11) is 0. The monoisotopic (exact) mass is 405 g/mol. The quantitative estimate of drug-likeness (QED) is 0.231. The number of carbonyl (C=O) groups excluding carboxylic acids is 1. The van der Waals surface area contributed by atoms with Crippen molar-refractivity contribution in [2.24, 2.45) is 5.73 Å². The zero-order chi connectivity index (χ0) is 17.2. The number of nitrogens with two attached hydrogens (primary N) is 1. The molecule has 10 nitrogen and oxygen atoms in total. The molecule has 0 bridgehead atoms. The van der Waals surface area contributed by atoms with Crippen LogP contribution in [0.25, 0.3) is 0 Å². The third-order valence-corrected chi connectivity index (χ3v) is 3.63. The number of piperidine rings is 1. The van der Waals surface area contributed by atoms with Gasteiger partial charge in [-0.05, 0) is 25.7 Å². The summed E-state index contributed by atoms with van der Waals surface area (Å²) in [6, 6.07) is -1.05. The first-order valence-corrected chi connectivity index (χ1v) is 7.56. The fourth-order valence-corrected chi connectivity index (χ4v) is 2.30. The van der Waals surface area contributed by atoms with Crippen LogP contribution in [-0.2, 0) is 19.2 Å². The third-order valence-electron chi connectivity index (χ3n) is 3.63. The molecule has 0 aromatic heterocycles. The van der Waals surface area contributed by atoms with Crippen molar-refractivity contribution in [3.8, 4) is 0 Å².